The fourth-order valence-electron chi connectivity index (χ4n) is 3.82. The lowest BCUT2D eigenvalue weighted by atomic mass is 9.82. The fourth-order valence-corrected chi connectivity index (χ4v) is 3.82. The molecule has 1 aromatic carbocycles. The summed E-state index contributed by atoms with van der Waals surface area (Å²) in [6.45, 7) is 5.21. The van der Waals surface area contributed by atoms with Crippen molar-refractivity contribution in [3.05, 3.63) is 58.9 Å². The van der Waals surface area contributed by atoms with E-state index in [4.69, 9.17) is 4.74 Å². The number of nitrogens with zero attached hydrogens (tertiary/aromatic N) is 2. The standard InChI is InChI=1S/C21H22N2O3/c1-14-10-17-18(24)12-21(26-19(17)11-15(14)2)5-8-23(9-6-21)20(25)16-4-3-7-22-13-16/h3-4,7,10-11,13H,5-6,8-9,12H2,1-2H3. The van der Waals surface area contributed by atoms with Gasteiger partial charge in [0.25, 0.3) is 5.91 Å². The highest BCUT2D eigenvalue weighted by Crippen LogP contribution is 2.40. The second kappa shape index (κ2) is 6.24. The average molecular weight is 350 g/mol. The normalized spacial score (nSPS) is 18.4. The van der Waals surface area contributed by atoms with Crippen LogP contribution < -0.4 is 4.74 Å². The second-order valence-electron chi connectivity index (χ2n) is 7.35. The Morgan fingerprint density at radius 2 is 1.92 bits per heavy atom. The number of aryl methyl sites for hydroxylation is 2. The first-order valence-electron chi connectivity index (χ1n) is 9.00. The lowest BCUT2D eigenvalue weighted by Gasteiger charge is -2.44. The number of pyridine rings is 1. The zero-order valence-electron chi connectivity index (χ0n) is 15.1. The third-order valence-electron chi connectivity index (χ3n) is 5.58. The van der Waals surface area contributed by atoms with Gasteiger partial charge in [-0.15, -0.1) is 0 Å². The molecule has 1 saturated heterocycles. The van der Waals surface area contributed by atoms with Crippen LogP contribution >= 0.6 is 0 Å². The Labute approximate surface area is 153 Å². The van der Waals surface area contributed by atoms with Crippen LogP contribution in [-0.4, -0.2) is 40.3 Å². The van der Waals surface area contributed by atoms with Gasteiger partial charge in [-0.3, -0.25) is 14.6 Å². The molecular formula is C21H22N2O3. The minimum absolute atomic E-state index is 0.0121. The van der Waals surface area contributed by atoms with Crippen molar-refractivity contribution in [3.8, 4) is 5.75 Å². The lowest BCUT2D eigenvalue weighted by molar-refractivity contribution is -0.00576. The maximum atomic E-state index is 12.7. The molecule has 0 radical (unpaired) electrons. The van der Waals surface area contributed by atoms with Crippen LogP contribution in [0.25, 0.3) is 0 Å². The summed E-state index contributed by atoms with van der Waals surface area (Å²) in [5.41, 5.74) is 3.02. The fraction of sp³-hybridized carbons (Fsp3) is 0.381. The van der Waals surface area contributed by atoms with Gasteiger partial charge in [0, 0.05) is 38.3 Å². The number of ketones is 1. The summed E-state index contributed by atoms with van der Waals surface area (Å²) in [5, 5.41) is 0. The Morgan fingerprint density at radius 3 is 2.62 bits per heavy atom. The number of ether oxygens (including phenoxy) is 1. The van der Waals surface area contributed by atoms with Crippen molar-refractivity contribution in [2.75, 3.05) is 13.1 Å². The van der Waals surface area contributed by atoms with E-state index in [1.54, 1.807) is 24.5 Å². The third kappa shape index (κ3) is 2.87. The molecule has 0 aliphatic carbocycles. The number of fused-ring (bicyclic) bond motifs is 1. The first-order chi connectivity index (χ1) is 12.5. The number of aromatic nitrogens is 1. The molecule has 0 atom stereocenters. The maximum Gasteiger partial charge on any atom is 0.255 e. The summed E-state index contributed by atoms with van der Waals surface area (Å²) in [7, 11) is 0. The maximum absolute atomic E-state index is 12.7. The first-order valence-corrected chi connectivity index (χ1v) is 9.00. The summed E-state index contributed by atoms with van der Waals surface area (Å²) in [4.78, 5) is 31.1. The van der Waals surface area contributed by atoms with E-state index in [0.29, 0.717) is 49.2 Å². The Morgan fingerprint density at radius 1 is 1.19 bits per heavy atom. The van der Waals surface area contributed by atoms with Crippen LogP contribution in [0.2, 0.25) is 0 Å². The number of amides is 1. The molecule has 1 fully saturated rings. The smallest absolute Gasteiger partial charge is 0.255 e. The van der Waals surface area contributed by atoms with E-state index >= 15 is 0 Å². The van der Waals surface area contributed by atoms with Crippen LogP contribution in [-0.2, 0) is 0 Å². The Bertz CT molecular complexity index is 868. The molecule has 5 heteroatoms. The Kier molecular flexibility index (Phi) is 4.02. The van der Waals surface area contributed by atoms with Gasteiger partial charge in [0.2, 0.25) is 0 Å². The topological polar surface area (TPSA) is 59.5 Å². The van der Waals surface area contributed by atoms with E-state index < -0.39 is 5.60 Å². The molecule has 1 aromatic heterocycles. The molecule has 2 aliphatic heterocycles. The van der Waals surface area contributed by atoms with Gasteiger partial charge in [-0.25, -0.2) is 0 Å². The van der Waals surface area contributed by atoms with Crippen LogP contribution in [0, 0.1) is 13.8 Å². The molecule has 4 rings (SSSR count). The molecule has 0 unspecified atom stereocenters. The molecule has 0 bridgehead atoms. The lowest BCUT2D eigenvalue weighted by Crippen LogP contribution is -2.52. The van der Waals surface area contributed by atoms with Crippen LogP contribution in [0.5, 0.6) is 5.75 Å². The van der Waals surface area contributed by atoms with Crippen molar-refractivity contribution >= 4 is 11.7 Å². The number of likely N-dealkylation sites (tertiary alicyclic amines) is 1. The number of carbonyl (C=O) groups excluding carboxylic acids is 2. The quantitative estimate of drug-likeness (QED) is 0.791. The molecular weight excluding hydrogens is 328 g/mol. The molecule has 2 aromatic rings. The monoisotopic (exact) mass is 350 g/mol. The predicted octanol–water partition coefficient (Wildman–Crippen LogP) is 3.34. The zero-order valence-corrected chi connectivity index (χ0v) is 15.1. The third-order valence-corrected chi connectivity index (χ3v) is 5.58. The van der Waals surface area contributed by atoms with E-state index in [-0.39, 0.29) is 11.7 Å². The summed E-state index contributed by atoms with van der Waals surface area (Å²) in [6, 6.07) is 7.45. The summed E-state index contributed by atoms with van der Waals surface area (Å²) >= 11 is 0. The molecule has 134 valence electrons. The predicted molar refractivity (Wildman–Crippen MR) is 97.6 cm³/mol. The van der Waals surface area contributed by atoms with Gasteiger partial charge in [-0.05, 0) is 49.2 Å². The molecule has 3 heterocycles. The molecule has 1 spiro atoms. The van der Waals surface area contributed by atoms with E-state index in [0.717, 1.165) is 11.1 Å². The highest BCUT2D eigenvalue weighted by molar-refractivity contribution is 6.00. The van der Waals surface area contributed by atoms with Crippen LogP contribution in [0.3, 0.4) is 0 Å². The molecule has 5 nitrogen and oxygen atoms in total. The number of hydrogen-bond acceptors (Lipinski definition) is 4. The zero-order chi connectivity index (χ0) is 18.3. The molecule has 1 amide bonds. The molecule has 2 aliphatic rings. The summed E-state index contributed by atoms with van der Waals surface area (Å²) in [6.07, 6.45) is 4.96. The van der Waals surface area contributed by atoms with E-state index in [2.05, 4.69) is 4.98 Å². The highest BCUT2D eigenvalue weighted by atomic mass is 16.5. The van der Waals surface area contributed by atoms with Gasteiger partial charge in [0.15, 0.2) is 5.78 Å². The van der Waals surface area contributed by atoms with Crippen molar-refractivity contribution in [1.82, 2.24) is 9.88 Å². The van der Waals surface area contributed by atoms with Crippen molar-refractivity contribution in [2.24, 2.45) is 0 Å². The van der Waals surface area contributed by atoms with E-state index in [9.17, 15) is 9.59 Å². The second-order valence-corrected chi connectivity index (χ2v) is 7.35. The van der Waals surface area contributed by atoms with Crippen molar-refractivity contribution < 1.29 is 14.3 Å². The number of hydrogen-bond donors (Lipinski definition) is 0. The first kappa shape index (κ1) is 16.8. The molecule has 0 N–H and O–H groups in total. The minimum atomic E-state index is -0.489. The van der Waals surface area contributed by atoms with Crippen LogP contribution in [0.1, 0.15) is 51.1 Å². The van der Waals surface area contributed by atoms with Crippen molar-refractivity contribution in [3.63, 3.8) is 0 Å². The average Bonchev–Trinajstić information content (AvgIpc) is 2.64. The number of benzene rings is 1. The largest absolute Gasteiger partial charge is 0.486 e. The molecule has 26 heavy (non-hydrogen) atoms. The van der Waals surface area contributed by atoms with E-state index in [1.807, 2.05) is 30.9 Å². The highest BCUT2D eigenvalue weighted by Gasteiger charge is 2.43. The number of piperidine rings is 1. The Balaban J connectivity index is 1.51. The molecule has 0 saturated carbocycles. The van der Waals surface area contributed by atoms with Gasteiger partial charge in [0.05, 0.1) is 17.5 Å². The van der Waals surface area contributed by atoms with Crippen molar-refractivity contribution in [1.29, 1.82) is 0 Å². The van der Waals surface area contributed by atoms with Gasteiger partial charge in [-0.2, -0.15) is 0 Å². The van der Waals surface area contributed by atoms with Gasteiger partial charge in [0.1, 0.15) is 11.4 Å². The van der Waals surface area contributed by atoms with Gasteiger partial charge >= 0.3 is 0 Å². The Hall–Kier alpha value is -2.69. The minimum Gasteiger partial charge on any atom is -0.486 e. The van der Waals surface area contributed by atoms with Crippen LogP contribution in [0.15, 0.2) is 36.7 Å². The van der Waals surface area contributed by atoms with E-state index in [1.165, 1.54) is 0 Å². The summed E-state index contributed by atoms with van der Waals surface area (Å²) in [5.74, 6) is 0.819. The van der Waals surface area contributed by atoms with Gasteiger partial charge in [-0.1, -0.05) is 0 Å². The number of carbonyl (C=O) groups is 2. The summed E-state index contributed by atoms with van der Waals surface area (Å²) < 4.78 is 6.33. The van der Waals surface area contributed by atoms with Crippen molar-refractivity contribution in [2.45, 2.75) is 38.7 Å². The number of rotatable bonds is 1. The number of Topliss-reactive ketones (excluding diaryl/α,β-unsaturated/α-hetero) is 1. The van der Waals surface area contributed by atoms with Gasteiger partial charge < -0.3 is 9.64 Å². The van der Waals surface area contributed by atoms with Crippen LogP contribution in [0.4, 0.5) is 0 Å². The SMILES string of the molecule is Cc1cc2c(cc1C)C(=O)CC1(CCN(C(=O)c3cccnc3)CC1)O2.